The molecule has 1 aromatic carbocycles. The fourth-order valence-electron chi connectivity index (χ4n) is 1.78. The van der Waals surface area contributed by atoms with Gasteiger partial charge in [0.15, 0.2) is 0 Å². The minimum absolute atomic E-state index is 0.378. The number of thioether (sulfide) groups is 1. The second kappa shape index (κ2) is 5.20. The van der Waals surface area contributed by atoms with Gasteiger partial charge in [0.1, 0.15) is 5.54 Å². The van der Waals surface area contributed by atoms with Crippen LogP contribution in [0.25, 0.3) is 0 Å². The molecule has 0 radical (unpaired) electrons. The van der Waals surface area contributed by atoms with Gasteiger partial charge in [0.25, 0.3) is 5.91 Å². The molecule has 0 spiro atoms. The summed E-state index contributed by atoms with van der Waals surface area (Å²) in [5.74, 6) is -0.208. The summed E-state index contributed by atoms with van der Waals surface area (Å²) >= 11 is 7.27. The lowest BCUT2D eigenvalue weighted by molar-refractivity contribution is -0.143. The predicted octanol–water partition coefficient (Wildman–Crippen LogP) is 2.03. The second-order valence-corrected chi connectivity index (χ2v) is 5.69. The zero-order chi connectivity index (χ0) is 13.2. The largest absolute Gasteiger partial charge is 0.479 e. The minimum atomic E-state index is -1.14. The van der Waals surface area contributed by atoms with Crippen LogP contribution in [0, 0.1) is 0 Å². The van der Waals surface area contributed by atoms with E-state index in [0.717, 1.165) is 5.75 Å². The van der Waals surface area contributed by atoms with E-state index < -0.39 is 11.5 Å². The number of carbonyl (C=O) groups excluding carboxylic acids is 1. The average molecular weight is 286 g/mol. The van der Waals surface area contributed by atoms with Crippen LogP contribution in [0.2, 0.25) is 5.02 Å². The number of carboxylic acid groups (broad SMARTS) is 1. The Kier molecular flexibility index (Phi) is 3.82. The molecule has 1 aliphatic heterocycles. The van der Waals surface area contributed by atoms with Gasteiger partial charge in [-0.2, -0.15) is 11.8 Å². The van der Waals surface area contributed by atoms with Crippen molar-refractivity contribution >= 4 is 35.2 Å². The fraction of sp³-hybridized carbons (Fsp3) is 0.333. The van der Waals surface area contributed by atoms with E-state index in [0.29, 0.717) is 22.8 Å². The number of benzene rings is 1. The van der Waals surface area contributed by atoms with E-state index in [1.807, 2.05) is 0 Å². The van der Waals surface area contributed by atoms with Crippen molar-refractivity contribution in [3.05, 3.63) is 34.9 Å². The van der Waals surface area contributed by atoms with Crippen LogP contribution in [0.5, 0.6) is 0 Å². The smallest absolute Gasteiger partial charge is 0.330 e. The number of nitrogens with one attached hydrogen (secondary N) is 1. The van der Waals surface area contributed by atoms with Crippen molar-refractivity contribution in [1.29, 1.82) is 0 Å². The number of aliphatic carboxylic acids is 1. The van der Waals surface area contributed by atoms with Crippen molar-refractivity contribution in [2.45, 2.75) is 12.0 Å². The number of halogens is 1. The first-order chi connectivity index (χ1) is 8.53. The SMILES string of the molecule is O=C(NC1(C(=O)O)CCSC1)c1ccc(Cl)cc1. The van der Waals surface area contributed by atoms with Crippen LogP contribution in [-0.2, 0) is 4.79 Å². The highest BCUT2D eigenvalue weighted by molar-refractivity contribution is 7.99. The highest BCUT2D eigenvalue weighted by Gasteiger charge is 2.43. The first-order valence-corrected chi connectivity index (χ1v) is 6.96. The molecule has 1 aromatic rings. The molecule has 0 aliphatic carbocycles. The third-order valence-electron chi connectivity index (χ3n) is 2.89. The van der Waals surface area contributed by atoms with Gasteiger partial charge in [-0.1, -0.05) is 11.6 Å². The Labute approximate surface area is 114 Å². The third-order valence-corrected chi connectivity index (χ3v) is 4.33. The Balaban J connectivity index is 2.15. The van der Waals surface area contributed by atoms with Crippen LogP contribution >= 0.6 is 23.4 Å². The first-order valence-electron chi connectivity index (χ1n) is 5.43. The van der Waals surface area contributed by atoms with E-state index in [1.165, 1.54) is 11.8 Å². The van der Waals surface area contributed by atoms with E-state index >= 15 is 0 Å². The van der Waals surface area contributed by atoms with Crippen molar-refractivity contribution < 1.29 is 14.7 Å². The number of hydrogen-bond donors (Lipinski definition) is 2. The maximum absolute atomic E-state index is 12.0. The summed E-state index contributed by atoms with van der Waals surface area (Å²) in [6.45, 7) is 0. The first kappa shape index (κ1) is 13.2. The maximum atomic E-state index is 12.0. The zero-order valence-electron chi connectivity index (χ0n) is 9.48. The quantitative estimate of drug-likeness (QED) is 0.892. The van der Waals surface area contributed by atoms with Gasteiger partial charge in [-0.05, 0) is 36.4 Å². The molecule has 1 unspecified atom stereocenters. The van der Waals surface area contributed by atoms with Crippen LogP contribution in [0.15, 0.2) is 24.3 Å². The normalized spacial score (nSPS) is 22.7. The zero-order valence-corrected chi connectivity index (χ0v) is 11.1. The number of hydrogen-bond acceptors (Lipinski definition) is 3. The molecule has 2 N–H and O–H groups in total. The third kappa shape index (κ3) is 2.62. The lowest BCUT2D eigenvalue weighted by Crippen LogP contribution is -2.54. The molecule has 0 aromatic heterocycles. The Morgan fingerprint density at radius 3 is 2.50 bits per heavy atom. The number of rotatable bonds is 3. The van der Waals surface area contributed by atoms with Crippen molar-refractivity contribution in [2.24, 2.45) is 0 Å². The number of amides is 1. The molecule has 6 heteroatoms. The second-order valence-electron chi connectivity index (χ2n) is 4.15. The summed E-state index contributed by atoms with van der Waals surface area (Å²) in [6.07, 6.45) is 0.451. The number of carboxylic acids is 1. The summed E-state index contributed by atoms with van der Waals surface area (Å²) in [5.41, 5.74) is -0.724. The van der Waals surface area contributed by atoms with Crippen molar-refractivity contribution in [3.8, 4) is 0 Å². The molecule has 0 bridgehead atoms. The molecule has 1 fully saturated rings. The Bertz CT molecular complexity index is 469. The Morgan fingerprint density at radius 1 is 1.33 bits per heavy atom. The Hall–Kier alpha value is -1.20. The van der Waals surface area contributed by atoms with Crippen LogP contribution in [-0.4, -0.2) is 34.0 Å². The van der Waals surface area contributed by atoms with E-state index in [1.54, 1.807) is 24.3 Å². The van der Waals surface area contributed by atoms with E-state index in [-0.39, 0.29) is 5.91 Å². The van der Waals surface area contributed by atoms with Gasteiger partial charge in [-0.25, -0.2) is 4.79 Å². The monoisotopic (exact) mass is 285 g/mol. The van der Waals surface area contributed by atoms with E-state index in [9.17, 15) is 14.7 Å². The summed E-state index contributed by atoms with van der Waals surface area (Å²) in [5, 5.41) is 12.4. The summed E-state index contributed by atoms with van der Waals surface area (Å²) in [4.78, 5) is 23.3. The summed E-state index contributed by atoms with van der Waals surface area (Å²) < 4.78 is 0. The number of carbonyl (C=O) groups is 2. The van der Waals surface area contributed by atoms with Crippen LogP contribution < -0.4 is 5.32 Å². The van der Waals surface area contributed by atoms with Gasteiger partial charge in [0.2, 0.25) is 0 Å². The van der Waals surface area contributed by atoms with Crippen LogP contribution in [0.1, 0.15) is 16.8 Å². The lowest BCUT2D eigenvalue weighted by atomic mass is 9.98. The maximum Gasteiger partial charge on any atom is 0.330 e. The van der Waals surface area contributed by atoms with Crippen LogP contribution in [0.4, 0.5) is 0 Å². The van der Waals surface area contributed by atoms with E-state index in [4.69, 9.17) is 11.6 Å². The highest BCUT2D eigenvalue weighted by Crippen LogP contribution is 2.28. The van der Waals surface area contributed by atoms with Gasteiger partial charge in [-0.3, -0.25) is 4.79 Å². The van der Waals surface area contributed by atoms with Gasteiger partial charge >= 0.3 is 5.97 Å². The molecule has 96 valence electrons. The summed E-state index contributed by atoms with van der Waals surface area (Å²) in [6, 6.07) is 6.37. The average Bonchev–Trinajstić information content (AvgIpc) is 2.79. The molecular weight excluding hydrogens is 274 g/mol. The molecular formula is C12H12ClNO3S. The van der Waals surface area contributed by atoms with Crippen LogP contribution in [0.3, 0.4) is 0 Å². The highest BCUT2D eigenvalue weighted by atomic mass is 35.5. The lowest BCUT2D eigenvalue weighted by Gasteiger charge is -2.24. The molecule has 1 saturated heterocycles. The molecule has 0 saturated carbocycles. The van der Waals surface area contributed by atoms with Gasteiger partial charge in [-0.15, -0.1) is 0 Å². The minimum Gasteiger partial charge on any atom is -0.479 e. The van der Waals surface area contributed by atoms with Gasteiger partial charge in [0, 0.05) is 16.3 Å². The van der Waals surface area contributed by atoms with Gasteiger partial charge < -0.3 is 10.4 Å². The molecule has 1 atom stereocenters. The fourth-order valence-corrected chi connectivity index (χ4v) is 3.23. The van der Waals surface area contributed by atoms with Crippen molar-refractivity contribution in [1.82, 2.24) is 5.32 Å². The molecule has 18 heavy (non-hydrogen) atoms. The molecule has 1 heterocycles. The van der Waals surface area contributed by atoms with Crippen molar-refractivity contribution in [2.75, 3.05) is 11.5 Å². The van der Waals surface area contributed by atoms with Gasteiger partial charge in [0.05, 0.1) is 0 Å². The van der Waals surface area contributed by atoms with E-state index in [2.05, 4.69) is 5.32 Å². The topological polar surface area (TPSA) is 66.4 Å². The molecule has 1 amide bonds. The standard InChI is InChI=1S/C12H12ClNO3S/c13-9-3-1-8(2-4-9)10(15)14-12(11(16)17)5-6-18-7-12/h1-4H,5-7H2,(H,14,15)(H,16,17). The molecule has 4 nitrogen and oxygen atoms in total. The molecule has 1 aliphatic rings. The summed E-state index contributed by atoms with van der Waals surface area (Å²) in [7, 11) is 0. The predicted molar refractivity (Wildman–Crippen MR) is 71.2 cm³/mol. The molecule has 2 rings (SSSR count). The Morgan fingerprint density at radius 2 is 2.00 bits per heavy atom. The van der Waals surface area contributed by atoms with Crippen molar-refractivity contribution in [3.63, 3.8) is 0 Å².